The van der Waals surface area contributed by atoms with Gasteiger partial charge in [0.15, 0.2) is 11.5 Å². The lowest BCUT2D eigenvalue weighted by Gasteiger charge is -1.90. The Labute approximate surface area is 76.4 Å². The molecule has 0 unspecified atom stereocenters. The minimum atomic E-state index is 0.593. The topological polar surface area (TPSA) is 56.2 Å². The van der Waals surface area contributed by atoms with E-state index in [0.29, 0.717) is 6.54 Å². The molecule has 0 amide bonds. The largest absolute Gasteiger partial charge is 0.330 e. The summed E-state index contributed by atoms with van der Waals surface area (Å²) in [7, 11) is 0. The predicted molar refractivity (Wildman–Crippen MR) is 50.5 cm³/mol. The zero-order valence-corrected chi connectivity index (χ0v) is 7.57. The van der Waals surface area contributed by atoms with Gasteiger partial charge in [-0.05, 0) is 31.2 Å². The summed E-state index contributed by atoms with van der Waals surface area (Å²) in [5.74, 6) is 0.813. The summed E-state index contributed by atoms with van der Waals surface area (Å²) in [5, 5.41) is 4.27. The average Bonchev–Trinajstić information content (AvgIpc) is 2.46. The SMILES string of the molecule is Cc1ccn2nc(CCN)nc2c1. The van der Waals surface area contributed by atoms with E-state index in [9.17, 15) is 0 Å². The van der Waals surface area contributed by atoms with E-state index in [-0.39, 0.29) is 0 Å². The third-order valence-electron chi connectivity index (χ3n) is 1.90. The summed E-state index contributed by atoms with van der Waals surface area (Å²) >= 11 is 0. The molecule has 0 radical (unpaired) electrons. The molecule has 2 N–H and O–H groups in total. The first kappa shape index (κ1) is 8.19. The van der Waals surface area contributed by atoms with Crippen molar-refractivity contribution in [3.8, 4) is 0 Å². The molecular formula is C9H12N4. The molecule has 2 aromatic heterocycles. The van der Waals surface area contributed by atoms with Crippen molar-refractivity contribution < 1.29 is 0 Å². The van der Waals surface area contributed by atoms with Gasteiger partial charge in [0.05, 0.1) is 0 Å². The van der Waals surface area contributed by atoms with Gasteiger partial charge in [0.25, 0.3) is 0 Å². The standard InChI is InChI=1S/C9H12N4/c1-7-3-5-13-9(6-7)11-8(12-13)2-4-10/h3,5-6H,2,4,10H2,1H3. The van der Waals surface area contributed by atoms with Gasteiger partial charge >= 0.3 is 0 Å². The van der Waals surface area contributed by atoms with Crippen molar-refractivity contribution in [3.05, 3.63) is 29.7 Å². The Balaban J connectivity index is 2.49. The Hall–Kier alpha value is -1.42. The van der Waals surface area contributed by atoms with Crippen LogP contribution < -0.4 is 5.73 Å². The molecule has 0 aliphatic heterocycles. The second-order valence-electron chi connectivity index (χ2n) is 3.07. The number of rotatable bonds is 2. The van der Waals surface area contributed by atoms with E-state index in [2.05, 4.69) is 10.1 Å². The van der Waals surface area contributed by atoms with Crippen molar-refractivity contribution in [1.29, 1.82) is 0 Å². The Morgan fingerprint density at radius 1 is 1.54 bits per heavy atom. The van der Waals surface area contributed by atoms with Crippen molar-refractivity contribution in [1.82, 2.24) is 14.6 Å². The van der Waals surface area contributed by atoms with Crippen molar-refractivity contribution in [2.45, 2.75) is 13.3 Å². The van der Waals surface area contributed by atoms with E-state index in [0.717, 1.165) is 17.9 Å². The molecule has 0 saturated carbocycles. The molecule has 2 aromatic rings. The Morgan fingerprint density at radius 2 is 2.38 bits per heavy atom. The molecule has 0 spiro atoms. The average molecular weight is 176 g/mol. The summed E-state index contributed by atoms with van der Waals surface area (Å²) in [6.45, 7) is 2.63. The van der Waals surface area contributed by atoms with Gasteiger partial charge in [-0.25, -0.2) is 9.50 Å². The monoisotopic (exact) mass is 176 g/mol. The van der Waals surface area contributed by atoms with Crippen LogP contribution in [0.25, 0.3) is 5.65 Å². The van der Waals surface area contributed by atoms with Crippen LogP contribution in [0, 0.1) is 6.92 Å². The number of nitrogens with zero attached hydrogens (tertiary/aromatic N) is 3. The van der Waals surface area contributed by atoms with Crippen molar-refractivity contribution >= 4 is 5.65 Å². The highest BCUT2D eigenvalue weighted by Crippen LogP contribution is 2.04. The second-order valence-corrected chi connectivity index (χ2v) is 3.07. The number of aryl methyl sites for hydroxylation is 1. The van der Waals surface area contributed by atoms with E-state index in [1.807, 2.05) is 25.3 Å². The molecular weight excluding hydrogens is 164 g/mol. The van der Waals surface area contributed by atoms with Crippen LogP contribution in [0.3, 0.4) is 0 Å². The number of fused-ring (bicyclic) bond motifs is 1. The molecule has 0 aliphatic carbocycles. The first-order chi connectivity index (χ1) is 6.29. The predicted octanol–water partition coefficient (Wildman–Crippen LogP) is 0.539. The Morgan fingerprint density at radius 3 is 3.15 bits per heavy atom. The van der Waals surface area contributed by atoms with Crippen LogP contribution in [-0.2, 0) is 6.42 Å². The highest BCUT2D eigenvalue weighted by atomic mass is 15.3. The lowest BCUT2D eigenvalue weighted by molar-refractivity contribution is 0.843. The van der Waals surface area contributed by atoms with Crippen LogP contribution in [-0.4, -0.2) is 21.1 Å². The fourth-order valence-corrected chi connectivity index (χ4v) is 1.26. The maximum absolute atomic E-state index is 5.42. The van der Waals surface area contributed by atoms with E-state index in [4.69, 9.17) is 5.73 Å². The molecule has 4 nitrogen and oxygen atoms in total. The number of aromatic nitrogens is 3. The number of nitrogens with two attached hydrogens (primary N) is 1. The molecule has 0 aromatic carbocycles. The lowest BCUT2D eigenvalue weighted by Crippen LogP contribution is -2.04. The highest BCUT2D eigenvalue weighted by Gasteiger charge is 2.01. The molecule has 2 rings (SSSR count). The van der Waals surface area contributed by atoms with Gasteiger partial charge in [0.1, 0.15) is 0 Å². The maximum Gasteiger partial charge on any atom is 0.155 e. The number of hydrogen-bond donors (Lipinski definition) is 1. The molecule has 0 bridgehead atoms. The molecule has 0 atom stereocenters. The van der Waals surface area contributed by atoms with Gasteiger partial charge in [0, 0.05) is 12.6 Å². The van der Waals surface area contributed by atoms with E-state index < -0.39 is 0 Å². The molecule has 13 heavy (non-hydrogen) atoms. The van der Waals surface area contributed by atoms with Crippen LogP contribution in [0.5, 0.6) is 0 Å². The van der Waals surface area contributed by atoms with Crippen molar-refractivity contribution in [3.63, 3.8) is 0 Å². The fourth-order valence-electron chi connectivity index (χ4n) is 1.26. The van der Waals surface area contributed by atoms with Gasteiger partial charge in [-0.1, -0.05) is 0 Å². The summed E-state index contributed by atoms with van der Waals surface area (Å²) in [6.07, 6.45) is 2.65. The van der Waals surface area contributed by atoms with Crippen molar-refractivity contribution in [2.24, 2.45) is 5.73 Å². The molecule has 0 saturated heterocycles. The van der Waals surface area contributed by atoms with Crippen LogP contribution in [0.4, 0.5) is 0 Å². The van der Waals surface area contributed by atoms with Crippen LogP contribution in [0.15, 0.2) is 18.3 Å². The Kier molecular flexibility index (Phi) is 1.98. The highest BCUT2D eigenvalue weighted by molar-refractivity contribution is 5.39. The van der Waals surface area contributed by atoms with E-state index in [1.54, 1.807) is 4.52 Å². The quantitative estimate of drug-likeness (QED) is 0.726. The molecule has 2 heterocycles. The maximum atomic E-state index is 5.42. The number of pyridine rings is 1. The number of hydrogen-bond acceptors (Lipinski definition) is 3. The van der Waals surface area contributed by atoms with Gasteiger partial charge in [0.2, 0.25) is 0 Å². The molecule has 68 valence electrons. The molecule has 0 aliphatic rings. The molecule has 0 fully saturated rings. The summed E-state index contributed by atoms with van der Waals surface area (Å²) in [6, 6.07) is 4.01. The normalized spacial score (nSPS) is 10.9. The van der Waals surface area contributed by atoms with E-state index >= 15 is 0 Å². The minimum absolute atomic E-state index is 0.593. The van der Waals surface area contributed by atoms with Crippen molar-refractivity contribution in [2.75, 3.05) is 6.54 Å². The van der Waals surface area contributed by atoms with Gasteiger partial charge in [-0.3, -0.25) is 0 Å². The third-order valence-corrected chi connectivity index (χ3v) is 1.90. The zero-order valence-electron chi connectivity index (χ0n) is 7.57. The van der Waals surface area contributed by atoms with Gasteiger partial charge in [-0.15, -0.1) is 0 Å². The first-order valence-electron chi connectivity index (χ1n) is 4.31. The third kappa shape index (κ3) is 1.53. The smallest absolute Gasteiger partial charge is 0.155 e. The summed E-state index contributed by atoms with van der Waals surface area (Å²) < 4.78 is 1.78. The summed E-state index contributed by atoms with van der Waals surface area (Å²) in [4.78, 5) is 4.34. The Bertz CT molecular complexity index is 418. The lowest BCUT2D eigenvalue weighted by atomic mass is 10.3. The van der Waals surface area contributed by atoms with Gasteiger partial charge < -0.3 is 5.73 Å². The molecule has 4 heteroatoms. The summed E-state index contributed by atoms with van der Waals surface area (Å²) in [5.41, 5.74) is 7.51. The fraction of sp³-hybridized carbons (Fsp3) is 0.333. The van der Waals surface area contributed by atoms with Crippen LogP contribution in [0.1, 0.15) is 11.4 Å². The minimum Gasteiger partial charge on any atom is -0.330 e. The van der Waals surface area contributed by atoms with Gasteiger partial charge in [-0.2, -0.15) is 5.10 Å². The first-order valence-corrected chi connectivity index (χ1v) is 4.31. The van der Waals surface area contributed by atoms with Crippen LogP contribution >= 0.6 is 0 Å². The van der Waals surface area contributed by atoms with E-state index in [1.165, 1.54) is 5.56 Å². The van der Waals surface area contributed by atoms with Crippen LogP contribution in [0.2, 0.25) is 0 Å². The second kappa shape index (κ2) is 3.14. The zero-order chi connectivity index (χ0) is 9.26.